The average Bonchev–Trinajstić information content (AvgIpc) is 3.19. The molecule has 2 N–H and O–H groups in total. The molecule has 0 bridgehead atoms. The molecule has 1 unspecified atom stereocenters. The van der Waals surface area contributed by atoms with Crippen LogP contribution in [0.15, 0.2) is 77.8 Å². The third-order valence-corrected chi connectivity index (χ3v) is 6.09. The van der Waals surface area contributed by atoms with Crippen LogP contribution in [0.5, 0.6) is 0 Å². The molecule has 0 radical (unpaired) electrons. The second-order valence-corrected chi connectivity index (χ2v) is 9.06. The minimum atomic E-state index is -0.513. The normalized spacial score (nSPS) is 15.1. The predicted octanol–water partition coefficient (Wildman–Crippen LogP) is 5.29. The minimum absolute atomic E-state index is 0.119. The number of carbonyl (C=O) groups is 2. The van der Waals surface area contributed by atoms with Crippen LogP contribution < -0.4 is 10.6 Å². The summed E-state index contributed by atoms with van der Waals surface area (Å²) in [5, 5.41) is 5.81. The van der Waals surface area contributed by atoms with Crippen LogP contribution in [0.1, 0.15) is 53.2 Å². The second kappa shape index (κ2) is 11.1. The van der Waals surface area contributed by atoms with Gasteiger partial charge >= 0.3 is 0 Å². The Morgan fingerprint density at radius 2 is 1.69 bits per heavy atom. The quantitative estimate of drug-likeness (QED) is 0.419. The van der Waals surface area contributed by atoms with Gasteiger partial charge in [-0.3, -0.25) is 19.5 Å². The molecule has 35 heavy (non-hydrogen) atoms. The maximum Gasteiger partial charge on any atom is 0.251 e. The van der Waals surface area contributed by atoms with Crippen molar-refractivity contribution in [1.82, 2.24) is 10.2 Å². The number of amides is 2. The summed E-state index contributed by atoms with van der Waals surface area (Å²) in [5.74, 6) is -0.762. The minimum Gasteiger partial charge on any atom is -0.352 e. The van der Waals surface area contributed by atoms with E-state index in [-0.39, 0.29) is 11.8 Å². The number of hydrogen-bond acceptors (Lipinski definition) is 4. The van der Waals surface area contributed by atoms with E-state index in [0.717, 1.165) is 36.4 Å². The second-order valence-electron chi connectivity index (χ2n) is 9.06. The summed E-state index contributed by atoms with van der Waals surface area (Å²) in [5.41, 5.74) is 6.06. The fraction of sp³-hybridized carbons (Fsp3) is 0.276. The van der Waals surface area contributed by atoms with Gasteiger partial charge in [0.15, 0.2) is 0 Å². The van der Waals surface area contributed by atoms with Crippen molar-refractivity contribution in [2.24, 2.45) is 4.99 Å². The van der Waals surface area contributed by atoms with Gasteiger partial charge < -0.3 is 10.6 Å². The zero-order chi connectivity index (χ0) is 24.8. The van der Waals surface area contributed by atoms with E-state index in [2.05, 4.69) is 59.0 Å². The lowest BCUT2D eigenvalue weighted by atomic mass is 9.94. The summed E-state index contributed by atoms with van der Waals surface area (Å²) >= 11 is 0. The maximum absolute atomic E-state index is 12.7. The van der Waals surface area contributed by atoms with Crippen LogP contribution in [0.4, 0.5) is 11.4 Å². The van der Waals surface area contributed by atoms with Crippen LogP contribution >= 0.6 is 0 Å². The fourth-order valence-corrected chi connectivity index (χ4v) is 4.36. The van der Waals surface area contributed by atoms with Gasteiger partial charge in [0.05, 0.1) is 5.69 Å². The fourth-order valence-electron chi connectivity index (χ4n) is 4.36. The van der Waals surface area contributed by atoms with Crippen LogP contribution in [-0.2, 0) is 17.9 Å². The van der Waals surface area contributed by atoms with Crippen LogP contribution in [0, 0.1) is 0 Å². The molecule has 4 rings (SSSR count). The molecule has 0 saturated carbocycles. The van der Waals surface area contributed by atoms with Gasteiger partial charge in [-0.15, -0.1) is 0 Å². The summed E-state index contributed by atoms with van der Waals surface area (Å²) in [4.78, 5) is 32.2. The lowest BCUT2D eigenvalue weighted by Gasteiger charge is -2.17. The third-order valence-electron chi connectivity index (χ3n) is 6.09. The number of aliphatic imine (C=N–C) groups is 1. The highest BCUT2D eigenvalue weighted by molar-refractivity contribution is 6.18. The van der Waals surface area contributed by atoms with E-state index in [1.54, 1.807) is 18.2 Å². The molecule has 0 fully saturated rings. The van der Waals surface area contributed by atoms with Crippen molar-refractivity contribution < 1.29 is 9.59 Å². The SMILES string of the molecule is CCCNC(=O)c1ccc2c(c1)C(C(C)=Nc1ccc(CN(C)Cc3ccccc3)cc1)C(=O)N2. The molecule has 180 valence electrons. The van der Waals surface area contributed by atoms with Crippen molar-refractivity contribution in [3.05, 3.63) is 95.1 Å². The van der Waals surface area contributed by atoms with Crippen molar-refractivity contribution in [3.63, 3.8) is 0 Å². The summed E-state index contributed by atoms with van der Waals surface area (Å²) in [6.07, 6.45) is 0.868. The monoisotopic (exact) mass is 468 g/mol. The molecule has 1 heterocycles. The Bertz CT molecular complexity index is 1220. The first kappa shape index (κ1) is 24.4. The summed E-state index contributed by atoms with van der Waals surface area (Å²) in [7, 11) is 2.11. The summed E-state index contributed by atoms with van der Waals surface area (Å²) in [6.45, 7) is 6.21. The lowest BCUT2D eigenvalue weighted by molar-refractivity contribution is -0.115. The van der Waals surface area contributed by atoms with E-state index < -0.39 is 5.92 Å². The van der Waals surface area contributed by atoms with Gasteiger partial charge in [-0.1, -0.05) is 49.4 Å². The Kier molecular flexibility index (Phi) is 7.73. The predicted molar refractivity (Wildman–Crippen MR) is 141 cm³/mol. The number of hydrogen-bond donors (Lipinski definition) is 2. The van der Waals surface area contributed by atoms with E-state index in [1.165, 1.54) is 11.1 Å². The number of anilines is 1. The van der Waals surface area contributed by atoms with Crippen molar-refractivity contribution >= 4 is 28.9 Å². The molecule has 0 spiro atoms. The molecule has 3 aromatic rings. The van der Waals surface area contributed by atoms with E-state index >= 15 is 0 Å². The van der Waals surface area contributed by atoms with Gasteiger partial charge in [0.1, 0.15) is 5.92 Å². The average molecular weight is 469 g/mol. The van der Waals surface area contributed by atoms with Crippen molar-refractivity contribution in [2.75, 3.05) is 18.9 Å². The van der Waals surface area contributed by atoms with Gasteiger partial charge in [0.2, 0.25) is 5.91 Å². The summed E-state index contributed by atoms with van der Waals surface area (Å²) < 4.78 is 0. The van der Waals surface area contributed by atoms with Crippen LogP contribution in [-0.4, -0.2) is 36.0 Å². The highest BCUT2D eigenvalue weighted by Crippen LogP contribution is 2.35. The highest BCUT2D eigenvalue weighted by Gasteiger charge is 2.33. The Balaban J connectivity index is 1.46. The van der Waals surface area contributed by atoms with Crippen molar-refractivity contribution in [3.8, 4) is 0 Å². The van der Waals surface area contributed by atoms with Crippen LogP contribution in [0.3, 0.4) is 0 Å². The number of rotatable bonds is 9. The lowest BCUT2D eigenvalue weighted by Crippen LogP contribution is -2.24. The van der Waals surface area contributed by atoms with Crippen LogP contribution in [0.2, 0.25) is 0 Å². The number of benzene rings is 3. The van der Waals surface area contributed by atoms with Gasteiger partial charge in [-0.05, 0) is 67.4 Å². The number of nitrogens with one attached hydrogen (secondary N) is 2. The zero-order valence-electron chi connectivity index (χ0n) is 20.5. The molecule has 0 saturated heterocycles. The maximum atomic E-state index is 12.7. The first-order valence-corrected chi connectivity index (χ1v) is 12.0. The molecule has 6 nitrogen and oxygen atoms in total. The molecule has 1 aliphatic rings. The number of nitrogens with zero attached hydrogens (tertiary/aromatic N) is 2. The summed E-state index contributed by atoms with van der Waals surface area (Å²) in [6, 6.07) is 23.9. The topological polar surface area (TPSA) is 73.8 Å². The smallest absolute Gasteiger partial charge is 0.251 e. The highest BCUT2D eigenvalue weighted by atomic mass is 16.2. The Hall–Kier alpha value is -3.77. The molecule has 6 heteroatoms. The van der Waals surface area contributed by atoms with E-state index in [4.69, 9.17) is 4.99 Å². The zero-order valence-corrected chi connectivity index (χ0v) is 20.5. The molecule has 1 aliphatic heterocycles. The third kappa shape index (κ3) is 6.03. The number of fused-ring (bicyclic) bond motifs is 1. The standard InChI is InChI=1S/C29H32N4O2/c1-4-16-30-28(34)23-12-15-26-25(17-23)27(29(35)32-26)20(2)31-24-13-10-22(11-14-24)19-33(3)18-21-8-6-5-7-9-21/h5-15,17,27H,4,16,18-19H2,1-3H3,(H,30,34)(H,32,35). The molecule has 2 amide bonds. The van der Waals surface area contributed by atoms with E-state index in [0.29, 0.717) is 17.8 Å². The Labute approximate surface area is 207 Å². The number of carbonyl (C=O) groups excluding carboxylic acids is 2. The van der Waals surface area contributed by atoms with E-state index in [9.17, 15) is 9.59 Å². The molecular weight excluding hydrogens is 436 g/mol. The van der Waals surface area contributed by atoms with Crippen LogP contribution in [0.25, 0.3) is 0 Å². The van der Waals surface area contributed by atoms with Gasteiger partial charge in [0, 0.05) is 36.6 Å². The molecule has 3 aromatic carbocycles. The van der Waals surface area contributed by atoms with Crippen molar-refractivity contribution in [1.29, 1.82) is 0 Å². The van der Waals surface area contributed by atoms with Gasteiger partial charge in [0.25, 0.3) is 5.91 Å². The first-order chi connectivity index (χ1) is 16.9. The Morgan fingerprint density at radius 1 is 1.00 bits per heavy atom. The van der Waals surface area contributed by atoms with E-state index in [1.807, 2.05) is 32.0 Å². The van der Waals surface area contributed by atoms with Crippen molar-refractivity contribution in [2.45, 2.75) is 39.3 Å². The van der Waals surface area contributed by atoms with Gasteiger partial charge in [-0.25, -0.2) is 0 Å². The molecule has 1 atom stereocenters. The first-order valence-electron chi connectivity index (χ1n) is 12.0. The molecule has 0 aliphatic carbocycles. The Morgan fingerprint density at radius 3 is 2.37 bits per heavy atom. The van der Waals surface area contributed by atoms with Gasteiger partial charge in [-0.2, -0.15) is 0 Å². The largest absolute Gasteiger partial charge is 0.352 e. The molecule has 0 aromatic heterocycles. The molecular formula is C29H32N4O2.